The van der Waals surface area contributed by atoms with Gasteiger partial charge in [-0.2, -0.15) is 0 Å². The molecule has 0 saturated carbocycles. The first-order valence-corrected chi connectivity index (χ1v) is 9.07. The van der Waals surface area contributed by atoms with E-state index in [2.05, 4.69) is 22.8 Å². The molecule has 0 aliphatic rings. The van der Waals surface area contributed by atoms with Gasteiger partial charge < -0.3 is 15.5 Å². The molecule has 25 heavy (non-hydrogen) atoms. The Morgan fingerprint density at radius 2 is 1.84 bits per heavy atom. The maximum Gasteiger partial charge on any atom is 0.166 e. The Bertz CT molecular complexity index is 674. The predicted octanol–water partition coefficient (Wildman–Crippen LogP) is 2.37. The number of hydrogen-bond donors (Lipinski definition) is 3. The van der Waals surface area contributed by atoms with E-state index in [1.807, 2.05) is 32.3 Å². The molecule has 0 heterocycles. The van der Waals surface area contributed by atoms with E-state index in [0.29, 0.717) is 22.2 Å². The van der Waals surface area contributed by atoms with Gasteiger partial charge in [0, 0.05) is 6.54 Å². The molecule has 0 spiro atoms. The molecule has 2 aromatic rings. The first-order valence-electron chi connectivity index (χ1n) is 8.28. The van der Waals surface area contributed by atoms with Gasteiger partial charge in [-0.25, -0.2) is 4.39 Å². The van der Waals surface area contributed by atoms with Crippen LogP contribution in [0.2, 0.25) is 5.02 Å². The van der Waals surface area contributed by atoms with E-state index < -0.39 is 0 Å². The molecule has 2 aromatic carbocycles. The molecule has 6 heteroatoms. The standard InChI is InChI=1S/C19H23ClFN3S/c1-24(2)17(18-15(20)9-6-10-16(18)21)13-23-19(25)22-12-11-14-7-4-3-5-8-14/h3-10,17H,11-13H2,1-2H3,(H2,22,23,25)/p+1/t17-/m0/s1. The van der Waals surface area contributed by atoms with Crippen LogP contribution in [0.3, 0.4) is 0 Å². The molecule has 1 atom stereocenters. The lowest BCUT2D eigenvalue weighted by molar-refractivity contribution is -0.890. The van der Waals surface area contributed by atoms with E-state index in [0.717, 1.165) is 17.9 Å². The number of benzene rings is 2. The predicted molar refractivity (Wildman–Crippen MR) is 106 cm³/mol. The van der Waals surface area contributed by atoms with E-state index >= 15 is 0 Å². The van der Waals surface area contributed by atoms with Crippen molar-refractivity contribution in [3.63, 3.8) is 0 Å². The van der Waals surface area contributed by atoms with Gasteiger partial charge in [-0.05, 0) is 36.3 Å². The third kappa shape index (κ3) is 5.96. The van der Waals surface area contributed by atoms with Crippen molar-refractivity contribution >= 4 is 28.9 Å². The summed E-state index contributed by atoms with van der Waals surface area (Å²) in [5, 5.41) is 7.37. The van der Waals surface area contributed by atoms with Gasteiger partial charge in [0.1, 0.15) is 11.9 Å². The minimum atomic E-state index is -0.288. The average Bonchev–Trinajstić information content (AvgIpc) is 2.58. The number of likely N-dealkylation sites (N-methyl/N-ethyl adjacent to an activating group) is 1. The second kappa shape index (κ2) is 9.70. The van der Waals surface area contributed by atoms with Crippen molar-refractivity contribution in [1.29, 1.82) is 0 Å². The van der Waals surface area contributed by atoms with E-state index in [-0.39, 0.29) is 11.9 Å². The summed E-state index contributed by atoms with van der Waals surface area (Å²) in [6, 6.07) is 14.9. The molecule has 0 fully saturated rings. The molecular formula is C19H24ClFN3S+. The van der Waals surface area contributed by atoms with E-state index in [4.69, 9.17) is 23.8 Å². The third-order valence-corrected chi connectivity index (χ3v) is 4.67. The fourth-order valence-electron chi connectivity index (χ4n) is 2.66. The fraction of sp³-hybridized carbons (Fsp3) is 0.316. The summed E-state index contributed by atoms with van der Waals surface area (Å²) in [4.78, 5) is 1.08. The molecular weight excluding hydrogens is 357 g/mol. The molecule has 0 bridgehead atoms. The number of nitrogens with one attached hydrogen (secondary N) is 3. The zero-order valence-electron chi connectivity index (χ0n) is 14.5. The molecule has 0 unspecified atom stereocenters. The van der Waals surface area contributed by atoms with Gasteiger partial charge in [0.25, 0.3) is 0 Å². The highest BCUT2D eigenvalue weighted by atomic mass is 35.5. The summed E-state index contributed by atoms with van der Waals surface area (Å²) in [7, 11) is 3.95. The molecule has 0 saturated heterocycles. The first kappa shape index (κ1) is 19.6. The lowest BCUT2D eigenvalue weighted by atomic mass is 10.1. The second-order valence-corrected chi connectivity index (χ2v) is 6.95. The largest absolute Gasteiger partial charge is 0.362 e. The summed E-state index contributed by atoms with van der Waals surface area (Å²) in [5.41, 5.74) is 1.77. The molecule has 0 aliphatic carbocycles. The summed E-state index contributed by atoms with van der Waals surface area (Å²) in [6.07, 6.45) is 0.893. The number of hydrogen-bond acceptors (Lipinski definition) is 1. The van der Waals surface area contributed by atoms with Crippen LogP contribution in [0.25, 0.3) is 0 Å². The Morgan fingerprint density at radius 1 is 1.12 bits per heavy atom. The zero-order valence-corrected chi connectivity index (χ0v) is 16.1. The van der Waals surface area contributed by atoms with E-state index in [9.17, 15) is 4.39 Å². The summed E-state index contributed by atoms with van der Waals surface area (Å²) in [6.45, 7) is 1.25. The normalized spacial score (nSPS) is 12.0. The lowest BCUT2D eigenvalue weighted by Gasteiger charge is -2.24. The summed E-state index contributed by atoms with van der Waals surface area (Å²) < 4.78 is 14.2. The smallest absolute Gasteiger partial charge is 0.166 e. The summed E-state index contributed by atoms with van der Waals surface area (Å²) in [5.74, 6) is -0.288. The number of halogens is 2. The maximum atomic E-state index is 14.2. The Kier molecular flexibility index (Phi) is 7.62. The minimum Gasteiger partial charge on any atom is -0.362 e. The minimum absolute atomic E-state index is 0.137. The van der Waals surface area contributed by atoms with Gasteiger partial charge in [0.2, 0.25) is 0 Å². The van der Waals surface area contributed by atoms with Crippen molar-refractivity contribution in [2.45, 2.75) is 12.5 Å². The molecule has 0 aliphatic heterocycles. The van der Waals surface area contributed by atoms with Crippen LogP contribution in [0.4, 0.5) is 4.39 Å². The van der Waals surface area contributed by atoms with Gasteiger partial charge in [-0.3, -0.25) is 0 Å². The van der Waals surface area contributed by atoms with Crippen LogP contribution in [-0.2, 0) is 6.42 Å². The van der Waals surface area contributed by atoms with Gasteiger partial charge in [-0.1, -0.05) is 48.0 Å². The SMILES string of the molecule is C[NH+](C)[C@@H](CNC(=S)NCCc1ccccc1)c1c(F)cccc1Cl. The second-order valence-electron chi connectivity index (χ2n) is 6.14. The van der Waals surface area contributed by atoms with Gasteiger partial charge in [-0.15, -0.1) is 0 Å². The van der Waals surface area contributed by atoms with Crippen molar-refractivity contribution in [2.24, 2.45) is 0 Å². The van der Waals surface area contributed by atoms with Gasteiger partial charge in [0.05, 0.1) is 31.2 Å². The van der Waals surface area contributed by atoms with Crippen molar-refractivity contribution in [1.82, 2.24) is 10.6 Å². The molecule has 0 radical (unpaired) electrons. The molecule has 134 valence electrons. The Balaban J connectivity index is 1.87. The maximum absolute atomic E-state index is 14.2. The van der Waals surface area contributed by atoms with Crippen molar-refractivity contribution in [2.75, 3.05) is 27.2 Å². The van der Waals surface area contributed by atoms with Crippen molar-refractivity contribution in [3.8, 4) is 0 Å². The molecule has 0 amide bonds. The molecule has 0 aromatic heterocycles. The van der Waals surface area contributed by atoms with Crippen LogP contribution in [0.1, 0.15) is 17.2 Å². The number of thiocarbonyl (C=S) groups is 1. The van der Waals surface area contributed by atoms with Crippen molar-refractivity contribution < 1.29 is 9.29 Å². The average molecular weight is 381 g/mol. The molecule has 2 rings (SSSR count). The highest BCUT2D eigenvalue weighted by molar-refractivity contribution is 7.80. The van der Waals surface area contributed by atoms with Crippen LogP contribution < -0.4 is 15.5 Å². The topological polar surface area (TPSA) is 28.5 Å². The van der Waals surface area contributed by atoms with Crippen molar-refractivity contribution in [3.05, 3.63) is 70.5 Å². The van der Waals surface area contributed by atoms with Crippen LogP contribution in [0, 0.1) is 5.82 Å². The number of rotatable bonds is 7. The quantitative estimate of drug-likeness (QED) is 0.644. The zero-order chi connectivity index (χ0) is 18.2. The van der Waals surface area contributed by atoms with Crippen LogP contribution >= 0.6 is 23.8 Å². The Morgan fingerprint density at radius 3 is 2.48 bits per heavy atom. The first-order chi connectivity index (χ1) is 12.0. The Labute approximate surface area is 159 Å². The highest BCUT2D eigenvalue weighted by Crippen LogP contribution is 2.23. The summed E-state index contributed by atoms with van der Waals surface area (Å²) >= 11 is 11.5. The van der Waals surface area contributed by atoms with Crippen LogP contribution in [-0.4, -0.2) is 32.3 Å². The molecule has 3 N–H and O–H groups in total. The molecule has 3 nitrogen and oxygen atoms in total. The van der Waals surface area contributed by atoms with E-state index in [1.54, 1.807) is 12.1 Å². The van der Waals surface area contributed by atoms with E-state index in [1.165, 1.54) is 11.6 Å². The highest BCUT2D eigenvalue weighted by Gasteiger charge is 2.24. The van der Waals surface area contributed by atoms with Crippen LogP contribution in [0.15, 0.2) is 48.5 Å². The lowest BCUT2D eigenvalue weighted by Crippen LogP contribution is -3.07. The third-order valence-electron chi connectivity index (χ3n) is 4.05. The van der Waals surface area contributed by atoms with Gasteiger partial charge >= 0.3 is 0 Å². The van der Waals surface area contributed by atoms with Gasteiger partial charge in [0.15, 0.2) is 5.11 Å². The Hall–Kier alpha value is -1.69. The number of quaternary nitrogens is 1. The fourth-order valence-corrected chi connectivity index (χ4v) is 3.14. The van der Waals surface area contributed by atoms with Crippen LogP contribution in [0.5, 0.6) is 0 Å². The monoisotopic (exact) mass is 380 g/mol.